The van der Waals surface area contributed by atoms with Crippen molar-refractivity contribution < 1.29 is 4.79 Å². The number of likely N-dealkylation sites (tertiary alicyclic amines) is 1. The van der Waals surface area contributed by atoms with Gasteiger partial charge in [-0.25, -0.2) is 0 Å². The quantitative estimate of drug-likeness (QED) is 0.831. The van der Waals surface area contributed by atoms with Crippen molar-refractivity contribution in [3.8, 4) is 0 Å². The highest BCUT2D eigenvalue weighted by atomic mass is 16.1. The maximum atomic E-state index is 11.4. The second-order valence-corrected chi connectivity index (χ2v) is 5.66. The van der Waals surface area contributed by atoms with E-state index in [0.29, 0.717) is 18.2 Å². The van der Waals surface area contributed by atoms with Gasteiger partial charge in [-0.1, -0.05) is 24.6 Å². The molecule has 0 spiro atoms. The Balaban J connectivity index is 1.83. The average Bonchev–Trinajstić information content (AvgIpc) is 2.46. The van der Waals surface area contributed by atoms with Crippen LogP contribution in [0.15, 0.2) is 24.3 Å². The zero-order valence-electron chi connectivity index (χ0n) is 12.3. The molecule has 0 saturated carbocycles. The molecule has 1 fully saturated rings. The molecule has 1 amide bonds. The standard InChI is InChI=1S/C16H25N3O/c1-13(12-19-9-5-2-6-10-19)18-11-14-7-3-4-8-15(14)16(17)20/h3-4,7-8,13,18H,2,5-6,9-12H2,1H3,(H2,17,20). The molecule has 1 aliphatic heterocycles. The van der Waals surface area contributed by atoms with Gasteiger partial charge in [0.2, 0.25) is 5.91 Å². The summed E-state index contributed by atoms with van der Waals surface area (Å²) < 4.78 is 0. The van der Waals surface area contributed by atoms with Crippen LogP contribution in [0.5, 0.6) is 0 Å². The van der Waals surface area contributed by atoms with Crippen molar-refractivity contribution in [2.75, 3.05) is 19.6 Å². The Morgan fingerprint density at radius 1 is 1.30 bits per heavy atom. The molecule has 1 aromatic carbocycles. The first-order valence-electron chi connectivity index (χ1n) is 7.50. The number of nitrogens with zero attached hydrogens (tertiary/aromatic N) is 1. The number of carbonyl (C=O) groups is 1. The van der Waals surface area contributed by atoms with Gasteiger partial charge in [-0.05, 0) is 44.5 Å². The molecular formula is C16H25N3O. The van der Waals surface area contributed by atoms with E-state index in [1.54, 1.807) is 6.07 Å². The van der Waals surface area contributed by atoms with Crippen LogP contribution in [0.4, 0.5) is 0 Å². The monoisotopic (exact) mass is 275 g/mol. The van der Waals surface area contributed by atoms with E-state index in [1.807, 2.05) is 18.2 Å². The van der Waals surface area contributed by atoms with Crippen molar-refractivity contribution in [2.24, 2.45) is 5.73 Å². The summed E-state index contributed by atoms with van der Waals surface area (Å²) in [7, 11) is 0. The number of piperidine rings is 1. The zero-order chi connectivity index (χ0) is 14.4. The number of nitrogens with one attached hydrogen (secondary N) is 1. The van der Waals surface area contributed by atoms with E-state index in [1.165, 1.54) is 32.4 Å². The highest BCUT2D eigenvalue weighted by molar-refractivity contribution is 5.94. The summed E-state index contributed by atoms with van der Waals surface area (Å²) in [6.07, 6.45) is 4.00. The minimum absolute atomic E-state index is 0.355. The third kappa shape index (κ3) is 4.32. The number of hydrogen-bond acceptors (Lipinski definition) is 3. The number of nitrogens with two attached hydrogens (primary N) is 1. The van der Waals surface area contributed by atoms with E-state index >= 15 is 0 Å². The Labute approximate surface area is 121 Å². The topological polar surface area (TPSA) is 58.4 Å². The molecule has 0 radical (unpaired) electrons. The molecule has 1 heterocycles. The normalized spacial score (nSPS) is 17.9. The molecular weight excluding hydrogens is 250 g/mol. The van der Waals surface area contributed by atoms with Crippen molar-refractivity contribution in [3.05, 3.63) is 35.4 Å². The fourth-order valence-corrected chi connectivity index (χ4v) is 2.79. The van der Waals surface area contributed by atoms with E-state index in [-0.39, 0.29) is 5.91 Å². The van der Waals surface area contributed by atoms with E-state index in [2.05, 4.69) is 17.1 Å². The molecule has 3 N–H and O–H groups in total. The van der Waals surface area contributed by atoms with Gasteiger partial charge in [0.1, 0.15) is 0 Å². The number of primary amides is 1. The lowest BCUT2D eigenvalue weighted by atomic mass is 10.1. The molecule has 0 bridgehead atoms. The first-order valence-corrected chi connectivity index (χ1v) is 7.50. The Morgan fingerprint density at radius 3 is 2.70 bits per heavy atom. The van der Waals surface area contributed by atoms with Crippen LogP contribution in [0, 0.1) is 0 Å². The van der Waals surface area contributed by atoms with Gasteiger partial charge in [0, 0.05) is 24.7 Å². The van der Waals surface area contributed by atoms with Gasteiger partial charge in [-0.15, -0.1) is 0 Å². The van der Waals surface area contributed by atoms with Gasteiger partial charge in [-0.2, -0.15) is 0 Å². The van der Waals surface area contributed by atoms with E-state index < -0.39 is 0 Å². The molecule has 1 atom stereocenters. The van der Waals surface area contributed by atoms with Crippen LogP contribution in [0.2, 0.25) is 0 Å². The highest BCUT2D eigenvalue weighted by Gasteiger charge is 2.14. The van der Waals surface area contributed by atoms with Gasteiger partial charge in [0.15, 0.2) is 0 Å². The van der Waals surface area contributed by atoms with E-state index in [9.17, 15) is 4.79 Å². The van der Waals surface area contributed by atoms with Crippen molar-refractivity contribution in [3.63, 3.8) is 0 Å². The average molecular weight is 275 g/mol. The molecule has 110 valence electrons. The van der Waals surface area contributed by atoms with Crippen molar-refractivity contribution in [1.82, 2.24) is 10.2 Å². The van der Waals surface area contributed by atoms with E-state index in [0.717, 1.165) is 12.1 Å². The molecule has 4 nitrogen and oxygen atoms in total. The maximum absolute atomic E-state index is 11.4. The van der Waals surface area contributed by atoms with Crippen molar-refractivity contribution in [1.29, 1.82) is 0 Å². The first-order chi connectivity index (χ1) is 9.66. The summed E-state index contributed by atoms with van der Waals surface area (Å²) >= 11 is 0. The number of hydrogen-bond donors (Lipinski definition) is 2. The highest BCUT2D eigenvalue weighted by Crippen LogP contribution is 2.10. The largest absolute Gasteiger partial charge is 0.366 e. The number of benzene rings is 1. The number of rotatable bonds is 6. The SMILES string of the molecule is CC(CN1CCCCC1)NCc1ccccc1C(N)=O. The lowest BCUT2D eigenvalue weighted by molar-refractivity contribution is 0.0999. The molecule has 2 rings (SSSR count). The van der Waals surface area contributed by atoms with Crippen LogP contribution in [0.25, 0.3) is 0 Å². The molecule has 1 aliphatic rings. The van der Waals surface area contributed by atoms with Crippen LogP contribution in [-0.4, -0.2) is 36.5 Å². The Kier molecular flexibility index (Phi) is 5.56. The van der Waals surface area contributed by atoms with Gasteiger partial charge in [0.25, 0.3) is 0 Å². The molecule has 0 aromatic heterocycles. The van der Waals surface area contributed by atoms with Crippen LogP contribution < -0.4 is 11.1 Å². The van der Waals surface area contributed by atoms with Crippen LogP contribution >= 0.6 is 0 Å². The maximum Gasteiger partial charge on any atom is 0.249 e. The van der Waals surface area contributed by atoms with Crippen LogP contribution in [0.3, 0.4) is 0 Å². The summed E-state index contributed by atoms with van der Waals surface area (Å²) in [6.45, 7) is 6.38. The summed E-state index contributed by atoms with van der Waals surface area (Å²) in [6, 6.07) is 7.95. The van der Waals surface area contributed by atoms with Crippen LogP contribution in [-0.2, 0) is 6.54 Å². The lowest BCUT2D eigenvalue weighted by Crippen LogP contribution is -2.41. The lowest BCUT2D eigenvalue weighted by Gasteiger charge is -2.29. The predicted octanol–water partition coefficient (Wildman–Crippen LogP) is 1.75. The fraction of sp³-hybridized carbons (Fsp3) is 0.562. The smallest absolute Gasteiger partial charge is 0.249 e. The fourth-order valence-electron chi connectivity index (χ4n) is 2.79. The van der Waals surface area contributed by atoms with Gasteiger partial charge < -0.3 is 16.0 Å². The minimum atomic E-state index is -0.355. The number of amides is 1. The molecule has 4 heteroatoms. The third-order valence-corrected chi connectivity index (χ3v) is 3.90. The van der Waals surface area contributed by atoms with Gasteiger partial charge in [-0.3, -0.25) is 4.79 Å². The number of carbonyl (C=O) groups excluding carboxylic acids is 1. The van der Waals surface area contributed by atoms with Crippen molar-refractivity contribution in [2.45, 2.75) is 38.8 Å². The molecule has 20 heavy (non-hydrogen) atoms. The van der Waals surface area contributed by atoms with Gasteiger partial charge >= 0.3 is 0 Å². The summed E-state index contributed by atoms with van der Waals surface area (Å²) in [5.74, 6) is -0.355. The molecule has 1 aromatic rings. The third-order valence-electron chi connectivity index (χ3n) is 3.90. The van der Waals surface area contributed by atoms with Gasteiger partial charge in [0.05, 0.1) is 0 Å². The molecule has 0 aliphatic carbocycles. The predicted molar refractivity (Wildman–Crippen MR) is 81.6 cm³/mol. The molecule has 1 unspecified atom stereocenters. The first kappa shape index (κ1) is 15.0. The Hall–Kier alpha value is -1.39. The summed E-state index contributed by atoms with van der Waals surface area (Å²) in [4.78, 5) is 13.9. The van der Waals surface area contributed by atoms with E-state index in [4.69, 9.17) is 5.73 Å². The van der Waals surface area contributed by atoms with Crippen LogP contribution in [0.1, 0.15) is 42.1 Å². The second-order valence-electron chi connectivity index (χ2n) is 5.66. The Bertz CT molecular complexity index is 441. The second kappa shape index (κ2) is 7.41. The zero-order valence-corrected chi connectivity index (χ0v) is 12.3. The summed E-state index contributed by atoms with van der Waals surface area (Å²) in [5, 5.41) is 3.49. The Morgan fingerprint density at radius 2 is 2.00 bits per heavy atom. The summed E-state index contributed by atoms with van der Waals surface area (Å²) in [5.41, 5.74) is 6.99. The minimum Gasteiger partial charge on any atom is -0.366 e. The van der Waals surface area contributed by atoms with Crippen molar-refractivity contribution >= 4 is 5.91 Å². The molecule has 1 saturated heterocycles.